The first-order chi connectivity index (χ1) is 9.33. The third-order valence-corrected chi connectivity index (χ3v) is 2.87. The van der Waals surface area contributed by atoms with Crippen LogP contribution in [0.5, 0.6) is 0 Å². The van der Waals surface area contributed by atoms with Crippen molar-refractivity contribution in [3.05, 3.63) is 18.2 Å². The molecule has 0 radical (unpaired) electrons. The van der Waals surface area contributed by atoms with Gasteiger partial charge >= 0.3 is 17.7 Å². The Kier molecular flexibility index (Phi) is 4.94. The van der Waals surface area contributed by atoms with E-state index in [-0.39, 0.29) is 13.0 Å². The molecule has 1 fully saturated rings. The van der Waals surface area contributed by atoms with Crippen LogP contribution in [-0.4, -0.2) is 40.9 Å². The third-order valence-electron chi connectivity index (χ3n) is 2.87. The largest absolute Gasteiger partial charge is 0.462 e. The maximum absolute atomic E-state index is 11.8. The normalized spacial score (nSPS) is 19.7. The summed E-state index contributed by atoms with van der Waals surface area (Å²) in [6, 6.07) is 0. The molecule has 7 heteroatoms. The maximum Gasteiger partial charge on any atom is 0.441 e. The zero-order valence-corrected chi connectivity index (χ0v) is 11.4. The summed E-state index contributed by atoms with van der Waals surface area (Å²) >= 11 is 0. The van der Waals surface area contributed by atoms with Crippen molar-refractivity contribution in [2.75, 3.05) is 6.61 Å². The summed E-state index contributed by atoms with van der Waals surface area (Å²) in [4.78, 5) is 37.6. The molecule has 0 amide bonds. The van der Waals surface area contributed by atoms with Gasteiger partial charge < -0.3 is 15.0 Å². The molecule has 20 heavy (non-hydrogen) atoms. The molecule has 0 aliphatic carbocycles. The van der Waals surface area contributed by atoms with Crippen molar-refractivity contribution in [2.45, 2.75) is 32.8 Å². The number of carbonyl (C=O) groups excluding carboxylic acids is 3. The molecule has 108 valence electrons. The second-order valence-electron chi connectivity index (χ2n) is 5.08. The van der Waals surface area contributed by atoms with E-state index >= 15 is 0 Å². The first-order valence-electron chi connectivity index (χ1n) is 6.07. The van der Waals surface area contributed by atoms with Gasteiger partial charge in [0.25, 0.3) is 5.78 Å². The van der Waals surface area contributed by atoms with E-state index in [0.29, 0.717) is 6.42 Å². The minimum atomic E-state index is -1.14. The van der Waals surface area contributed by atoms with Crippen molar-refractivity contribution < 1.29 is 28.6 Å². The molecule has 0 aromatic heterocycles. The van der Waals surface area contributed by atoms with Gasteiger partial charge in [-0.25, -0.2) is 9.59 Å². The highest BCUT2D eigenvalue weighted by atomic mass is 16.6. The minimum absolute atomic E-state index is 0.0313. The molecule has 1 heterocycles. The molecule has 1 aliphatic heterocycles. The van der Waals surface area contributed by atoms with Crippen molar-refractivity contribution in [3.63, 3.8) is 0 Å². The average Bonchev–Trinajstić information content (AvgIpc) is 2.64. The van der Waals surface area contributed by atoms with Crippen LogP contribution in [0.2, 0.25) is 0 Å². The van der Waals surface area contributed by atoms with E-state index in [2.05, 4.69) is 11.4 Å². The molecule has 0 aromatic carbocycles. The van der Waals surface area contributed by atoms with E-state index in [1.165, 1.54) is 6.08 Å². The Bertz CT molecular complexity index is 503. The van der Waals surface area contributed by atoms with Gasteiger partial charge in [-0.3, -0.25) is 4.79 Å². The highest BCUT2D eigenvalue weighted by Gasteiger charge is 2.48. The summed E-state index contributed by atoms with van der Waals surface area (Å²) < 4.78 is 9.75. The molecule has 0 spiro atoms. The predicted octanol–water partition coefficient (Wildman–Crippen LogP) is 0.687. The van der Waals surface area contributed by atoms with Gasteiger partial charge in [-0.15, -0.1) is 6.58 Å². The molecule has 0 unspecified atom stereocenters. The summed E-state index contributed by atoms with van der Waals surface area (Å²) in [7, 11) is 0. The molecule has 1 saturated heterocycles. The first-order valence-corrected chi connectivity index (χ1v) is 6.07. The number of ketones is 1. The number of hydrogen-bond donors (Lipinski definition) is 0. The quantitative estimate of drug-likeness (QED) is 0.178. The standard InChI is InChI=1S/C13H16N2O5/c1-4-5-6-8(16)9(15-14)11(17)20-10-12(18)19-7-13(10,2)3/h4,10H,1,5-7H2,2-3H3/t10-/m0/s1. The number of allylic oxidation sites excluding steroid dienone is 1. The van der Waals surface area contributed by atoms with Crippen LogP contribution >= 0.6 is 0 Å². The van der Waals surface area contributed by atoms with Crippen LogP contribution in [0, 0.1) is 5.41 Å². The summed E-state index contributed by atoms with van der Waals surface area (Å²) in [5.41, 5.74) is 7.33. The predicted molar refractivity (Wildman–Crippen MR) is 67.7 cm³/mol. The molecule has 7 nitrogen and oxygen atoms in total. The topological polar surface area (TPSA) is 106 Å². The van der Waals surface area contributed by atoms with Gasteiger partial charge in [-0.1, -0.05) is 19.9 Å². The van der Waals surface area contributed by atoms with Gasteiger partial charge in [0.05, 0.1) is 0 Å². The second-order valence-corrected chi connectivity index (χ2v) is 5.08. The lowest BCUT2D eigenvalue weighted by Gasteiger charge is -2.20. The number of cyclic esters (lactones) is 1. The monoisotopic (exact) mass is 280 g/mol. The molecule has 1 aliphatic rings. The second kappa shape index (κ2) is 6.25. The number of hydrogen-bond acceptors (Lipinski definition) is 5. The highest BCUT2D eigenvalue weighted by Crippen LogP contribution is 2.31. The molecule has 0 saturated carbocycles. The lowest BCUT2D eigenvalue weighted by atomic mass is 9.90. The van der Waals surface area contributed by atoms with Crippen LogP contribution < -0.4 is 0 Å². The van der Waals surface area contributed by atoms with Gasteiger partial charge in [0, 0.05) is 11.8 Å². The Morgan fingerprint density at radius 1 is 1.60 bits per heavy atom. The van der Waals surface area contributed by atoms with E-state index in [1.807, 2.05) is 0 Å². The maximum atomic E-state index is 11.8. The van der Waals surface area contributed by atoms with Crippen LogP contribution in [0.25, 0.3) is 5.53 Å². The zero-order chi connectivity index (χ0) is 15.3. The molecular weight excluding hydrogens is 264 g/mol. The van der Waals surface area contributed by atoms with Crippen LogP contribution in [-0.2, 0) is 23.9 Å². The third kappa shape index (κ3) is 3.39. The minimum Gasteiger partial charge on any atom is -0.462 e. The van der Waals surface area contributed by atoms with Crippen molar-refractivity contribution in [2.24, 2.45) is 5.41 Å². The number of rotatable bonds is 6. The number of carbonyl (C=O) groups is 3. The summed E-state index contributed by atoms with van der Waals surface area (Å²) in [5, 5.41) is 0. The number of nitrogens with zero attached hydrogens (tertiary/aromatic N) is 2. The van der Waals surface area contributed by atoms with Gasteiger partial charge in [0.1, 0.15) is 6.61 Å². The average molecular weight is 280 g/mol. The van der Waals surface area contributed by atoms with E-state index in [0.717, 1.165) is 0 Å². The molecule has 0 bridgehead atoms. The molecule has 0 aromatic rings. The fourth-order valence-corrected chi connectivity index (χ4v) is 1.66. The fraction of sp³-hybridized carbons (Fsp3) is 0.538. The number of ether oxygens (including phenoxy) is 2. The van der Waals surface area contributed by atoms with Gasteiger partial charge in [0.2, 0.25) is 6.10 Å². The summed E-state index contributed by atoms with van der Waals surface area (Å²) in [6.07, 6.45) is 0.674. The van der Waals surface area contributed by atoms with E-state index in [9.17, 15) is 14.4 Å². The van der Waals surface area contributed by atoms with E-state index in [4.69, 9.17) is 15.0 Å². The van der Waals surface area contributed by atoms with Crippen LogP contribution in [0.15, 0.2) is 12.7 Å². The highest BCUT2D eigenvalue weighted by molar-refractivity contribution is 6.62. The van der Waals surface area contributed by atoms with E-state index in [1.54, 1.807) is 13.8 Å². The van der Waals surface area contributed by atoms with Gasteiger partial charge in [-0.05, 0) is 6.42 Å². The summed E-state index contributed by atoms with van der Waals surface area (Å²) in [6.45, 7) is 6.93. The Morgan fingerprint density at radius 3 is 2.70 bits per heavy atom. The lowest BCUT2D eigenvalue weighted by Crippen LogP contribution is -2.39. The van der Waals surface area contributed by atoms with Crippen molar-refractivity contribution in [1.29, 1.82) is 0 Å². The lowest BCUT2D eigenvalue weighted by molar-refractivity contribution is -0.161. The smallest absolute Gasteiger partial charge is 0.441 e. The zero-order valence-electron chi connectivity index (χ0n) is 11.4. The molecule has 1 atom stereocenters. The van der Waals surface area contributed by atoms with Crippen LogP contribution in [0.1, 0.15) is 26.7 Å². The van der Waals surface area contributed by atoms with Crippen LogP contribution in [0.4, 0.5) is 0 Å². The SMILES string of the molecule is C=CCCC(=O)C(=[N+]=[N-])C(=O)O[C@H]1C(=O)OCC1(C)C. The fourth-order valence-electron chi connectivity index (χ4n) is 1.66. The Morgan fingerprint density at radius 2 is 2.25 bits per heavy atom. The Balaban J connectivity index is 2.79. The number of Topliss-reactive ketones (excluding diaryl/α,β-unsaturated/α-hetero) is 1. The summed E-state index contributed by atoms with van der Waals surface area (Å²) in [5.74, 6) is -2.50. The van der Waals surface area contributed by atoms with Crippen LogP contribution in [0.3, 0.4) is 0 Å². The van der Waals surface area contributed by atoms with E-state index < -0.39 is 35.0 Å². The van der Waals surface area contributed by atoms with Crippen molar-refractivity contribution >= 4 is 23.4 Å². The van der Waals surface area contributed by atoms with Gasteiger partial charge in [0.15, 0.2) is 0 Å². The Labute approximate surface area is 116 Å². The first kappa shape index (κ1) is 15.8. The Hall–Kier alpha value is -2.27. The molecular formula is C13H16N2O5. The van der Waals surface area contributed by atoms with Gasteiger partial charge in [-0.2, -0.15) is 4.79 Å². The molecule has 0 N–H and O–H groups in total. The van der Waals surface area contributed by atoms with Crippen molar-refractivity contribution in [3.8, 4) is 0 Å². The van der Waals surface area contributed by atoms with Crippen molar-refractivity contribution in [1.82, 2.24) is 0 Å². The number of esters is 2. The molecule has 1 rings (SSSR count).